The number of rotatable bonds is 8. The van der Waals surface area contributed by atoms with E-state index in [9.17, 15) is 4.79 Å². The molecule has 0 saturated carbocycles. The van der Waals surface area contributed by atoms with Crippen LogP contribution >= 0.6 is 35.3 Å². The van der Waals surface area contributed by atoms with Crippen LogP contribution in [0.3, 0.4) is 0 Å². The lowest BCUT2D eigenvalue weighted by Crippen LogP contribution is -2.36. The van der Waals surface area contributed by atoms with Crippen LogP contribution in [0.4, 0.5) is 5.69 Å². The number of nitrogens with one attached hydrogen (secondary N) is 3. The van der Waals surface area contributed by atoms with E-state index in [1.807, 2.05) is 31.2 Å². The first-order valence-corrected chi connectivity index (χ1v) is 10.8. The molecule has 31 heavy (non-hydrogen) atoms. The summed E-state index contributed by atoms with van der Waals surface area (Å²) in [6, 6.07) is 10.9. The Labute approximate surface area is 203 Å². The smallest absolute Gasteiger partial charge is 0.291 e. The molecule has 0 aliphatic heterocycles. The van der Waals surface area contributed by atoms with Crippen molar-refractivity contribution in [2.24, 2.45) is 4.99 Å². The van der Waals surface area contributed by atoms with Crippen LogP contribution in [0.2, 0.25) is 0 Å². The van der Waals surface area contributed by atoms with Crippen molar-refractivity contribution in [2.45, 2.75) is 39.8 Å². The van der Waals surface area contributed by atoms with Gasteiger partial charge in [0.2, 0.25) is 0 Å². The molecule has 0 bridgehead atoms. The van der Waals surface area contributed by atoms with E-state index in [2.05, 4.69) is 45.2 Å². The molecule has 3 N–H and O–H groups in total. The number of nitrogens with zero attached hydrogens (tertiary/aromatic N) is 2. The summed E-state index contributed by atoms with van der Waals surface area (Å²) in [5.41, 5.74) is 2.80. The van der Waals surface area contributed by atoms with E-state index in [0.717, 1.165) is 28.8 Å². The Hall–Kier alpha value is -2.40. The molecule has 2 heterocycles. The van der Waals surface area contributed by atoms with Crippen molar-refractivity contribution in [2.75, 3.05) is 11.9 Å². The lowest BCUT2D eigenvalue weighted by atomic mass is 10.2. The molecule has 9 heteroatoms. The lowest BCUT2D eigenvalue weighted by molar-refractivity contribution is 0.0996. The summed E-state index contributed by atoms with van der Waals surface area (Å²) in [4.78, 5) is 21.4. The van der Waals surface area contributed by atoms with Gasteiger partial charge in [-0.25, -0.2) is 9.98 Å². The van der Waals surface area contributed by atoms with Gasteiger partial charge in [0.1, 0.15) is 5.01 Å². The largest absolute Gasteiger partial charge is 0.459 e. The highest BCUT2D eigenvalue weighted by molar-refractivity contribution is 14.0. The molecule has 0 atom stereocenters. The number of benzene rings is 1. The monoisotopic (exact) mass is 553 g/mol. The quantitative estimate of drug-likeness (QED) is 0.208. The van der Waals surface area contributed by atoms with Gasteiger partial charge in [0.15, 0.2) is 11.7 Å². The number of hydrogen-bond donors (Lipinski definition) is 3. The second-order valence-electron chi connectivity index (χ2n) is 7.00. The minimum absolute atomic E-state index is 0. The van der Waals surface area contributed by atoms with Crippen molar-refractivity contribution in [3.05, 3.63) is 70.1 Å². The molecule has 0 aliphatic rings. The van der Waals surface area contributed by atoms with E-state index >= 15 is 0 Å². The highest BCUT2D eigenvalue weighted by Gasteiger charge is 2.09. The van der Waals surface area contributed by atoms with E-state index in [4.69, 9.17) is 4.42 Å². The standard InChI is InChI=1S/C22H27N5O2S.HI/c1-4-23-22(25-13-20-27-18(14-30-20)15(2)3)24-12-16-7-5-8-17(11-16)26-21(28)19-9-6-10-29-19;/h5-11,14-15H,4,12-13H2,1-3H3,(H,26,28)(H2,23,24,25);1H. The van der Waals surface area contributed by atoms with Gasteiger partial charge in [-0.1, -0.05) is 26.0 Å². The van der Waals surface area contributed by atoms with Gasteiger partial charge in [0.05, 0.1) is 25.0 Å². The molecule has 2 aromatic heterocycles. The summed E-state index contributed by atoms with van der Waals surface area (Å²) >= 11 is 1.65. The number of halogens is 1. The topological polar surface area (TPSA) is 91.5 Å². The van der Waals surface area contributed by atoms with Crippen LogP contribution in [0.25, 0.3) is 0 Å². The van der Waals surface area contributed by atoms with Crippen molar-refractivity contribution in [3.8, 4) is 0 Å². The van der Waals surface area contributed by atoms with Crippen LogP contribution in [-0.2, 0) is 13.1 Å². The van der Waals surface area contributed by atoms with Gasteiger partial charge in [-0.15, -0.1) is 35.3 Å². The Morgan fingerprint density at radius 1 is 1.23 bits per heavy atom. The number of furan rings is 1. The van der Waals surface area contributed by atoms with Gasteiger partial charge in [-0.2, -0.15) is 0 Å². The Bertz CT molecular complexity index is 985. The normalized spacial score (nSPS) is 11.2. The molecule has 0 fully saturated rings. The predicted octanol–water partition coefficient (Wildman–Crippen LogP) is 4.99. The molecule has 7 nitrogen and oxygen atoms in total. The SMILES string of the molecule is CCNC(=NCc1cccc(NC(=O)c2ccco2)c1)NCc1nc(C(C)C)cs1.I. The minimum Gasteiger partial charge on any atom is -0.459 e. The summed E-state index contributed by atoms with van der Waals surface area (Å²) in [5, 5.41) is 12.6. The number of aliphatic imine (C=N–C) groups is 1. The Morgan fingerprint density at radius 2 is 2.06 bits per heavy atom. The summed E-state index contributed by atoms with van der Waals surface area (Å²) in [6.45, 7) is 8.19. The van der Waals surface area contributed by atoms with Gasteiger partial charge < -0.3 is 20.4 Å². The maximum absolute atomic E-state index is 12.1. The molecule has 0 saturated heterocycles. The molecular formula is C22H28IN5O2S. The van der Waals surface area contributed by atoms with Crippen LogP contribution < -0.4 is 16.0 Å². The van der Waals surface area contributed by atoms with Crippen LogP contribution in [0.1, 0.15) is 53.5 Å². The minimum atomic E-state index is -0.278. The number of carbonyl (C=O) groups excluding carboxylic acids is 1. The first-order chi connectivity index (χ1) is 14.5. The number of thiazole rings is 1. The first kappa shape index (κ1) is 24.9. The Kier molecular flexibility index (Phi) is 9.99. The summed E-state index contributed by atoms with van der Waals surface area (Å²) in [7, 11) is 0. The zero-order chi connectivity index (χ0) is 21.3. The number of guanidine groups is 1. The third-order valence-electron chi connectivity index (χ3n) is 4.26. The fraction of sp³-hybridized carbons (Fsp3) is 0.318. The summed E-state index contributed by atoms with van der Waals surface area (Å²) in [5.74, 6) is 1.15. The Morgan fingerprint density at radius 3 is 2.74 bits per heavy atom. The van der Waals surface area contributed by atoms with Gasteiger partial charge in [0.25, 0.3) is 5.91 Å². The number of carbonyl (C=O) groups is 1. The number of aromatic nitrogens is 1. The van der Waals surface area contributed by atoms with E-state index in [-0.39, 0.29) is 35.6 Å². The molecule has 1 amide bonds. The van der Waals surface area contributed by atoms with E-state index < -0.39 is 0 Å². The summed E-state index contributed by atoms with van der Waals surface area (Å²) in [6.07, 6.45) is 1.48. The molecule has 3 rings (SSSR count). The average molecular weight is 553 g/mol. The van der Waals surface area contributed by atoms with E-state index in [0.29, 0.717) is 24.7 Å². The maximum atomic E-state index is 12.1. The third kappa shape index (κ3) is 7.66. The van der Waals surface area contributed by atoms with Crippen LogP contribution in [0.5, 0.6) is 0 Å². The fourth-order valence-electron chi connectivity index (χ4n) is 2.69. The van der Waals surface area contributed by atoms with Crippen molar-refractivity contribution < 1.29 is 9.21 Å². The number of amides is 1. The highest BCUT2D eigenvalue weighted by atomic mass is 127. The zero-order valence-corrected chi connectivity index (χ0v) is 21.0. The molecule has 0 spiro atoms. The lowest BCUT2D eigenvalue weighted by Gasteiger charge is -2.10. The summed E-state index contributed by atoms with van der Waals surface area (Å²) < 4.78 is 5.13. The predicted molar refractivity (Wildman–Crippen MR) is 136 cm³/mol. The third-order valence-corrected chi connectivity index (χ3v) is 5.13. The molecule has 0 radical (unpaired) electrons. The van der Waals surface area contributed by atoms with Crippen molar-refractivity contribution in [1.29, 1.82) is 0 Å². The number of anilines is 1. The van der Waals surface area contributed by atoms with Crippen molar-refractivity contribution in [3.63, 3.8) is 0 Å². The molecule has 0 unspecified atom stereocenters. The molecule has 0 aliphatic carbocycles. The van der Waals surface area contributed by atoms with Crippen molar-refractivity contribution >= 4 is 52.9 Å². The van der Waals surface area contributed by atoms with Crippen LogP contribution in [-0.4, -0.2) is 23.4 Å². The maximum Gasteiger partial charge on any atom is 0.291 e. The number of hydrogen-bond acceptors (Lipinski definition) is 5. The van der Waals surface area contributed by atoms with Gasteiger partial charge in [-0.05, 0) is 42.7 Å². The van der Waals surface area contributed by atoms with Crippen molar-refractivity contribution in [1.82, 2.24) is 15.6 Å². The van der Waals surface area contributed by atoms with Crippen LogP contribution in [0, 0.1) is 0 Å². The molecule has 3 aromatic rings. The molecule has 166 valence electrons. The van der Waals surface area contributed by atoms with Gasteiger partial charge >= 0.3 is 0 Å². The fourth-order valence-corrected chi connectivity index (χ4v) is 3.59. The Balaban J connectivity index is 0.00000341. The molecular weight excluding hydrogens is 525 g/mol. The van der Waals surface area contributed by atoms with E-state index in [1.54, 1.807) is 23.5 Å². The first-order valence-electron chi connectivity index (χ1n) is 9.95. The average Bonchev–Trinajstić information content (AvgIpc) is 3.42. The van der Waals surface area contributed by atoms with Crippen LogP contribution in [0.15, 0.2) is 57.5 Å². The second-order valence-corrected chi connectivity index (χ2v) is 7.94. The molecule has 1 aromatic carbocycles. The zero-order valence-electron chi connectivity index (χ0n) is 17.8. The second kappa shape index (κ2) is 12.5. The highest BCUT2D eigenvalue weighted by Crippen LogP contribution is 2.17. The van der Waals surface area contributed by atoms with Gasteiger partial charge in [0, 0.05) is 17.6 Å². The van der Waals surface area contributed by atoms with E-state index in [1.165, 1.54) is 6.26 Å². The van der Waals surface area contributed by atoms with Gasteiger partial charge in [-0.3, -0.25) is 4.79 Å².